The number of rotatable bonds is 6. The zero-order valence-corrected chi connectivity index (χ0v) is 21.9. The van der Waals surface area contributed by atoms with Crippen molar-refractivity contribution in [2.45, 2.75) is 55.2 Å². The van der Waals surface area contributed by atoms with Gasteiger partial charge in [0.1, 0.15) is 5.37 Å². The summed E-state index contributed by atoms with van der Waals surface area (Å²) in [6.07, 6.45) is -2.73. The van der Waals surface area contributed by atoms with E-state index in [1.54, 1.807) is 12.1 Å². The summed E-state index contributed by atoms with van der Waals surface area (Å²) in [7, 11) is -3.95. The van der Waals surface area contributed by atoms with Gasteiger partial charge in [0, 0.05) is 30.9 Å². The maximum atomic E-state index is 13.9. The molecule has 1 N–H and O–H groups in total. The molecule has 0 aromatic heterocycles. The van der Waals surface area contributed by atoms with Gasteiger partial charge in [-0.25, -0.2) is 8.42 Å². The van der Waals surface area contributed by atoms with E-state index in [1.807, 2.05) is 23.6 Å². The third-order valence-electron chi connectivity index (χ3n) is 7.23. The molecule has 0 saturated carbocycles. The van der Waals surface area contributed by atoms with Gasteiger partial charge in [0.25, 0.3) is 0 Å². The van der Waals surface area contributed by atoms with Gasteiger partial charge in [-0.05, 0) is 62.1 Å². The van der Waals surface area contributed by atoms with Gasteiger partial charge in [0.2, 0.25) is 0 Å². The summed E-state index contributed by atoms with van der Waals surface area (Å²) in [6.45, 7) is 8.24. The van der Waals surface area contributed by atoms with Gasteiger partial charge in [-0.2, -0.15) is 13.2 Å². The smallest absolute Gasteiger partial charge is 0.417 e. The Hall–Kier alpha value is -2.56. The maximum Gasteiger partial charge on any atom is 0.417 e. The second-order valence-electron chi connectivity index (χ2n) is 9.72. The fraction of sp³-hybridized carbons (Fsp3) is 0.423. The molecule has 4 atom stereocenters. The van der Waals surface area contributed by atoms with E-state index in [2.05, 4.69) is 6.58 Å². The number of halogens is 4. The van der Waals surface area contributed by atoms with Crippen molar-refractivity contribution in [1.82, 2.24) is 4.90 Å². The minimum absolute atomic E-state index is 0.120. The fourth-order valence-electron chi connectivity index (χ4n) is 5.58. The van der Waals surface area contributed by atoms with Crippen LogP contribution in [0.25, 0.3) is 0 Å². The van der Waals surface area contributed by atoms with Crippen molar-refractivity contribution in [3.8, 4) is 0 Å². The van der Waals surface area contributed by atoms with Gasteiger partial charge in [-0.3, -0.25) is 9.69 Å². The maximum absolute atomic E-state index is 13.9. The predicted molar refractivity (Wildman–Crippen MR) is 136 cm³/mol. The lowest BCUT2D eigenvalue weighted by atomic mass is 10.1. The summed E-state index contributed by atoms with van der Waals surface area (Å²) >= 11 is 5.93. The van der Waals surface area contributed by atoms with E-state index in [9.17, 15) is 31.5 Å². The second kappa shape index (κ2) is 9.96. The molecule has 1 heterocycles. The van der Waals surface area contributed by atoms with Gasteiger partial charge < -0.3 is 10.0 Å². The van der Waals surface area contributed by atoms with Crippen molar-refractivity contribution in [2.24, 2.45) is 5.92 Å². The van der Waals surface area contributed by atoms with Crippen molar-refractivity contribution in [3.63, 3.8) is 0 Å². The number of anilines is 1. The largest absolute Gasteiger partial charge is 0.481 e. The van der Waals surface area contributed by atoms with Crippen LogP contribution in [-0.4, -0.2) is 54.9 Å². The Morgan fingerprint density at radius 3 is 2.35 bits per heavy atom. The summed E-state index contributed by atoms with van der Waals surface area (Å²) < 4.78 is 67.2. The Morgan fingerprint density at radius 1 is 1.16 bits per heavy atom. The van der Waals surface area contributed by atoms with Crippen molar-refractivity contribution < 1.29 is 31.5 Å². The highest BCUT2D eigenvalue weighted by Crippen LogP contribution is 2.38. The molecule has 2 aliphatic rings. The SMILES string of the molecule is C=CC(N1C(C)CN(c2ccc(C(F)(F)F)c(Cl)c2)CC1C)S(=O)(=O)c1cccc2c1CC(C(=O)O)C2. The Morgan fingerprint density at radius 2 is 1.81 bits per heavy atom. The zero-order valence-electron chi connectivity index (χ0n) is 20.4. The van der Waals surface area contributed by atoms with Gasteiger partial charge in [-0.1, -0.05) is 29.8 Å². The first-order valence-corrected chi connectivity index (χ1v) is 13.8. The van der Waals surface area contributed by atoms with E-state index in [1.165, 1.54) is 24.3 Å². The second-order valence-corrected chi connectivity index (χ2v) is 12.1. The quantitative estimate of drug-likeness (QED) is 0.502. The molecule has 6 nitrogen and oxygen atoms in total. The molecular weight excluding hydrogens is 529 g/mol. The van der Waals surface area contributed by atoms with Crippen molar-refractivity contribution in [2.75, 3.05) is 18.0 Å². The van der Waals surface area contributed by atoms with Gasteiger partial charge in [0.15, 0.2) is 9.84 Å². The van der Waals surface area contributed by atoms with Gasteiger partial charge in [0.05, 0.1) is 21.4 Å². The molecule has 0 radical (unpaired) electrons. The number of carboxylic acid groups (broad SMARTS) is 1. The van der Waals surface area contributed by atoms with E-state index in [4.69, 9.17) is 11.6 Å². The lowest BCUT2D eigenvalue weighted by Crippen LogP contribution is -2.61. The lowest BCUT2D eigenvalue weighted by molar-refractivity contribution is -0.141. The first-order chi connectivity index (χ1) is 17.3. The Labute approximate surface area is 219 Å². The number of hydrogen-bond donors (Lipinski definition) is 1. The third kappa shape index (κ3) is 5.11. The summed E-state index contributed by atoms with van der Waals surface area (Å²) in [5.41, 5.74) is 0.882. The summed E-state index contributed by atoms with van der Waals surface area (Å²) in [5, 5.41) is 8.00. The first kappa shape index (κ1) is 27.5. The number of fused-ring (bicyclic) bond motifs is 1. The number of hydrogen-bond acceptors (Lipinski definition) is 5. The summed E-state index contributed by atoms with van der Waals surface area (Å²) in [6, 6.07) is 7.93. The highest BCUT2D eigenvalue weighted by molar-refractivity contribution is 7.92. The molecule has 1 aliphatic heterocycles. The van der Waals surface area contributed by atoms with Gasteiger partial charge in [-0.15, -0.1) is 6.58 Å². The zero-order chi connectivity index (χ0) is 27.3. The molecule has 1 fully saturated rings. The monoisotopic (exact) mass is 556 g/mol. The third-order valence-corrected chi connectivity index (χ3v) is 9.61. The molecule has 2 aromatic rings. The van der Waals surface area contributed by atoms with E-state index >= 15 is 0 Å². The normalized spacial score (nSPS) is 23.5. The number of carboxylic acids is 1. The van der Waals surface area contributed by atoms with Crippen LogP contribution in [0.5, 0.6) is 0 Å². The fourth-order valence-corrected chi connectivity index (χ4v) is 7.93. The van der Waals surface area contributed by atoms with Crippen molar-refractivity contribution in [3.05, 3.63) is 70.8 Å². The Balaban J connectivity index is 1.61. The Kier molecular flexibility index (Phi) is 7.40. The molecule has 1 saturated heterocycles. The number of sulfone groups is 1. The number of piperazine rings is 1. The van der Waals surface area contributed by atoms with E-state index in [0.717, 1.165) is 11.6 Å². The molecule has 2 aromatic carbocycles. The Bertz CT molecular complexity index is 1320. The molecule has 37 heavy (non-hydrogen) atoms. The summed E-state index contributed by atoms with van der Waals surface area (Å²) in [5.74, 6) is -1.62. The van der Waals surface area contributed by atoms with E-state index in [0.29, 0.717) is 24.3 Å². The van der Waals surface area contributed by atoms with Crippen LogP contribution in [0.2, 0.25) is 5.02 Å². The molecule has 11 heteroatoms. The topological polar surface area (TPSA) is 77.9 Å². The average Bonchev–Trinajstić information content (AvgIpc) is 3.25. The van der Waals surface area contributed by atoms with Crippen LogP contribution >= 0.6 is 11.6 Å². The number of aliphatic carboxylic acids is 1. The van der Waals surface area contributed by atoms with Crippen LogP contribution in [0.15, 0.2) is 53.9 Å². The van der Waals surface area contributed by atoms with Crippen LogP contribution in [0.1, 0.15) is 30.5 Å². The molecule has 4 unspecified atom stereocenters. The van der Waals surface area contributed by atoms with E-state index in [-0.39, 0.29) is 29.8 Å². The summed E-state index contributed by atoms with van der Waals surface area (Å²) in [4.78, 5) is 15.4. The highest BCUT2D eigenvalue weighted by atomic mass is 35.5. The van der Waals surface area contributed by atoms with Crippen LogP contribution in [0.3, 0.4) is 0 Å². The molecule has 0 spiro atoms. The molecule has 4 rings (SSSR count). The number of alkyl halides is 3. The number of benzene rings is 2. The lowest BCUT2D eigenvalue weighted by Gasteiger charge is -2.47. The van der Waals surface area contributed by atoms with Crippen LogP contribution < -0.4 is 4.90 Å². The number of carbonyl (C=O) groups is 1. The van der Waals surface area contributed by atoms with Crippen molar-refractivity contribution in [1.29, 1.82) is 0 Å². The molecule has 0 bridgehead atoms. The standard InChI is InChI=1S/C26H28ClF3N2O4S/c1-4-24(37(35,36)23-7-5-6-17-10-18(25(33)34)11-20(17)23)32-15(2)13-31(14-16(32)3)19-8-9-21(22(27)12-19)26(28,29)30/h4-9,12,15-16,18,24H,1,10-11,13-14H2,2-3H3,(H,33,34). The predicted octanol–water partition coefficient (Wildman–Crippen LogP) is 5.04. The van der Waals surface area contributed by atoms with Crippen LogP contribution in [0, 0.1) is 5.92 Å². The first-order valence-electron chi connectivity index (χ1n) is 11.8. The number of nitrogens with zero attached hydrogens (tertiary/aromatic N) is 2. The average molecular weight is 557 g/mol. The molecule has 0 amide bonds. The highest BCUT2D eigenvalue weighted by Gasteiger charge is 2.42. The van der Waals surface area contributed by atoms with Crippen LogP contribution in [0.4, 0.5) is 18.9 Å². The van der Waals surface area contributed by atoms with Crippen LogP contribution in [-0.2, 0) is 33.6 Å². The van der Waals surface area contributed by atoms with E-state index < -0.39 is 43.9 Å². The van der Waals surface area contributed by atoms with Crippen molar-refractivity contribution >= 4 is 33.1 Å². The molecular formula is C26H28ClF3N2O4S. The minimum Gasteiger partial charge on any atom is -0.481 e. The van der Waals surface area contributed by atoms with Gasteiger partial charge >= 0.3 is 12.1 Å². The minimum atomic E-state index is -4.55. The molecule has 1 aliphatic carbocycles. The molecule has 200 valence electrons.